The van der Waals surface area contributed by atoms with Crippen molar-refractivity contribution in [1.29, 1.82) is 0 Å². The average Bonchev–Trinajstić information content (AvgIpc) is 3.06. The van der Waals surface area contributed by atoms with E-state index in [2.05, 4.69) is 6.58 Å². The van der Waals surface area contributed by atoms with Crippen LogP contribution in [-0.2, 0) is 16.1 Å². The molecule has 6 heteroatoms. The number of amides is 1. The Morgan fingerprint density at radius 1 is 1.43 bits per heavy atom. The molecule has 2 unspecified atom stereocenters. The van der Waals surface area contributed by atoms with Crippen molar-refractivity contribution in [3.63, 3.8) is 0 Å². The first-order chi connectivity index (χ1) is 10.0. The van der Waals surface area contributed by atoms with Crippen molar-refractivity contribution in [1.82, 2.24) is 4.90 Å². The van der Waals surface area contributed by atoms with Gasteiger partial charge in [0.15, 0.2) is 0 Å². The van der Waals surface area contributed by atoms with Crippen LogP contribution in [0.3, 0.4) is 0 Å². The molecule has 0 aromatic carbocycles. The Balaban J connectivity index is 2.02. The molecule has 0 radical (unpaired) electrons. The summed E-state index contributed by atoms with van der Waals surface area (Å²) in [7, 11) is 0. The highest BCUT2D eigenvalue weighted by Gasteiger charge is 2.35. The first-order valence-electron chi connectivity index (χ1n) is 6.88. The Hall–Kier alpha value is -1.33. The average molecular weight is 328 g/mol. The van der Waals surface area contributed by atoms with Crippen LogP contribution >= 0.6 is 22.9 Å². The molecule has 2 rings (SSSR count). The second kappa shape index (κ2) is 7.09. The third-order valence-corrected chi connectivity index (χ3v) is 4.98. The Morgan fingerprint density at radius 3 is 2.67 bits per heavy atom. The molecule has 1 aromatic rings. The van der Waals surface area contributed by atoms with E-state index in [0.29, 0.717) is 36.7 Å². The second-order valence-corrected chi connectivity index (χ2v) is 7.06. The molecule has 2 atom stereocenters. The van der Waals surface area contributed by atoms with Gasteiger partial charge in [0, 0.05) is 17.3 Å². The molecular weight excluding hydrogens is 310 g/mol. The normalized spacial score (nSPS) is 21.2. The second-order valence-electron chi connectivity index (χ2n) is 5.26. The lowest BCUT2D eigenvalue weighted by Gasteiger charge is -2.24. The first kappa shape index (κ1) is 16.0. The summed E-state index contributed by atoms with van der Waals surface area (Å²) in [5, 5.41) is 9.04. The van der Waals surface area contributed by atoms with Crippen molar-refractivity contribution < 1.29 is 14.7 Å². The Kier molecular flexibility index (Phi) is 5.42. The standard InChI is InChI=1S/C15H18ClNO3S/c1-2-7-17(9-12-5-6-13(16)21-12)14(18)10-3-4-11(8-10)15(19)20/h2,5-6,10-11H,1,3-4,7-9H2,(H,19,20). The van der Waals surface area contributed by atoms with Crippen molar-refractivity contribution in [2.75, 3.05) is 6.54 Å². The van der Waals surface area contributed by atoms with Crippen LogP contribution in [0.15, 0.2) is 24.8 Å². The van der Waals surface area contributed by atoms with Crippen molar-refractivity contribution >= 4 is 34.8 Å². The van der Waals surface area contributed by atoms with Gasteiger partial charge in [-0.15, -0.1) is 17.9 Å². The lowest BCUT2D eigenvalue weighted by atomic mass is 10.0. The topological polar surface area (TPSA) is 57.6 Å². The maximum absolute atomic E-state index is 12.6. The molecule has 1 saturated carbocycles. The number of aliphatic carboxylic acids is 1. The van der Waals surface area contributed by atoms with Gasteiger partial charge in [-0.2, -0.15) is 0 Å². The summed E-state index contributed by atoms with van der Waals surface area (Å²) in [5.41, 5.74) is 0. The van der Waals surface area contributed by atoms with Gasteiger partial charge >= 0.3 is 5.97 Å². The van der Waals surface area contributed by atoms with Gasteiger partial charge in [0.1, 0.15) is 0 Å². The summed E-state index contributed by atoms with van der Waals surface area (Å²) in [5.74, 6) is -1.36. The summed E-state index contributed by atoms with van der Waals surface area (Å²) in [6, 6.07) is 3.72. The molecule has 1 N–H and O–H groups in total. The number of halogens is 1. The molecule has 1 amide bonds. The third kappa shape index (κ3) is 4.08. The maximum Gasteiger partial charge on any atom is 0.306 e. The number of carbonyl (C=O) groups excluding carboxylic acids is 1. The zero-order valence-corrected chi connectivity index (χ0v) is 13.2. The molecule has 21 heavy (non-hydrogen) atoms. The van der Waals surface area contributed by atoms with Crippen molar-refractivity contribution in [2.24, 2.45) is 11.8 Å². The molecule has 1 aromatic heterocycles. The Bertz CT molecular complexity index is 543. The van der Waals surface area contributed by atoms with Crippen molar-refractivity contribution in [2.45, 2.75) is 25.8 Å². The summed E-state index contributed by atoms with van der Waals surface area (Å²) in [4.78, 5) is 26.3. The van der Waals surface area contributed by atoms with E-state index < -0.39 is 5.97 Å². The molecule has 0 saturated heterocycles. The highest BCUT2D eigenvalue weighted by atomic mass is 35.5. The minimum Gasteiger partial charge on any atom is -0.481 e. The smallest absolute Gasteiger partial charge is 0.306 e. The molecule has 1 aliphatic carbocycles. The van der Waals surface area contributed by atoms with Gasteiger partial charge in [-0.1, -0.05) is 17.7 Å². The minimum atomic E-state index is -0.800. The number of carboxylic acids is 1. The highest BCUT2D eigenvalue weighted by Crippen LogP contribution is 2.33. The SMILES string of the molecule is C=CCN(Cc1ccc(Cl)s1)C(=O)C1CCC(C(=O)O)C1. The van der Waals surface area contributed by atoms with Gasteiger partial charge in [0.25, 0.3) is 0 Å². The van der Waals surface area contributed by atoms with Gasteiger partial charge in [-0.25, -0.2) is 0 Å². The van der Waals surface area contributed by atoms with E-state index in [4.69, 9.17) is 16.7 Å². The zero-order chi connectivity index (χ0) is 15.4. The van der Waals surface area contributed by atoms with Gasteiger partial charge in [0.2, 0.25) is 5.91 Å². The molecule has 1 aliphatic rings. The molecule has 0 aliphatic heterocycles. The van der Waals surface area contributed by atoms with E-state index >= 15 is 0 Å². The molecular formula is C15H18ClNO3S. The van der Waals surface area contributed by atoms with Gasteiger partial charge in [-0.05, 0) is 31.4 Å². The summed E-state index contributed by atoms with van der Waals surface area (Å²) in [6.07, 6.45) is 3.36. The van der Waals surface area contributed by atoms with E-state index in [1.54, 1.807) is 11.0 Å². The zero-order valence-electron chi connectivity index (χ0n) is 11.6. The quantitative estimate of drug-likeness (QED) is 0.814. The summed E-state index contributed by atoms with van der Waals surface area (Å²) in [6.45, 7) is 4.65. The Labute approximate surface area is 133 Å². The fourth-order valence-electron chi connectivity index (χ4n) is 2.70. The van der Waals surface area contributed by atoms with E-state index in [1.807, 2.05) is 12.1 Å². The fourth-order valence-corrected chi connectivity index (χ4v) is 3.80. The highest BCUT2D eigenvalue weighted by molar-refractivity contribution is 7.16. The monoisotopic (exact) mass is 327 g/mol. The van der Waals surface area contributed by atoms with E-state index in [9.17, 15) is 9.59 Å². The van der Waals surface area contributed by atoms with E-state index in [1.165, 1.54) is 11.3 Å². The lowest BCUT2D eigenvalue weighted by Crippen LogP contribution is -2.35. The molecule has 0 spiro atoms. The molecule has 1 fully saturated rings. The summed E-state index contributed by atoms with van der Waals surface area (Å²) >= 11 is 7.36. The number of hydrogen-bond acceptors (Lipinski definition) is 3. The number of carboxylic acid groups (broad SMARTS) is 1. The van der Waals surface area contributed by atoms with Crippen molar-refractivity contribution in [3.05, 3.63) is 34.0 Å². The van der Waals surface area contributed by atoms with Crippen LogP contribution in [-0.4, -0.2) is 28.4 Å². The largest absolute Gasteiger partial charge is 0.481 e. The van der Waals surface area contributed by atoms with Crippen LogP contribution in [0.1, 0.15) is 24.1 Å². The van der Waals surface area contributed by atoms with E-state index in [-0.39, 0.29) is 17.7 Å². The van der Waals surface area contributed by atoms with Crippen molar-refractivity contribution in [3.8, 4) is 0 Å². The van der Waals surface area contributed by atoms with Crippen LogP contribution in [0.2, 0.25) is 4.34 Å². The number of carbonyl (C=O) groups is 2. The lowest BCUT2D eigenvalue weighted by molar-refractivity contribution is -0.141. The van der Waals surface area contributed by atoms with Crippen LogP contribution in [0.5, 0.6) is 0 Å². The number of thiophene rings is 1. The molecule has 0 bridgehead atoms. The number of rotatable bonds is 6. The minimum absolute atomic E-state index is 0.0168. The number of nitrogens with zero attached hydrogens (tertiary/aromatic N) is 1. The molecule has 1 heterocycles. The number of hydrogen-bond donors (Lipinski definition) is 1. The van der Waals surface area contributed by atoms with Gasteiger partial charge in [-0.3, -0.25) is 9.59 Å². The van der Waals surface area contributed by atoms with Gasteiger partial charge < -0.3 is 10.0 Å². The molecule has 4 nitrogen and oxygen atoms in total. The summed E-state index contributed by atoms with van der Waals surface area (Å²) < 4.78 is 0.697. The molecule has 114 valence electrons. The van der Waals surface area contributed by atoms with Gasteiger partial charge in [0.05, 0.1) is 16.8 Å². The maximum atomic E-state index is 12.6. The van der Waals surface area contributed by atoms with Crippen LogP contribution in [0.4, 0.5) is 0 Å². The first-order valence-corrected chi connectivity index (χ1v) is 8.07. The van der Waals surface area contributed by atoms with Crippen LogP contribution in [0.25, 0.3) is 0 Å². The van der Waals surface area contributed by atoms with E-state index in [0.717, 1.165) is 4.88 Å². The Morgan fingerprint density at radius 2 is 2.14 bits per heavy atom. The third-order valence-electron chi connectivity index (χ3n) is 3.77. The van der Waals surface area contributed by atoms with Crippen LogP contribution in [0, 0.1) is 11.8 Å². The predicted molar refractivity (Wildman–Crippen MR) is 83.4 cm³/mol. The predicted octanol–water partition coefficient (Wildman–Crippen LogP) is 3.42. The fraction of sp³-hybridized carbons (Fsp3) is 0.467. The van der Waals surface area contributed by atoms with Crippen LogP contribution < -0.4 is 0 Å².